The second kappa shape index (κ2) is 14.7. The van der Waals surface area contributed by atoms with Gasteiger partial charge >= 0.3 is 6.03 Å². The Morgan fingerprint density at radius 3 is 2.06 bits per heavy atom. The van der Waals surface area contributed by atoms with E-state index in [-0.39, 0.29) is 45.4 Å². The highest BCUT2D eigenvalue weighted by molar-refractivity contribution is 7.89. The van der Waals surface area contributed by atoms with Gasteiger partial charge in [0, 0.05) is 36.2 Å². The smallest absolute Gasteiger partial charge is 0.326 e. The zero-order chi connectivity index (χ0) is 33.2. The first-order valence-corrected chi connectivity index (χ1v) is 17.6. The predicted octanol–water partition coefficient (Wildman–Crippen LogP) is 7.46. The number of carbonyl (C=O) groups excluding carboxylic acids is 1. The van der Waals surface area contributed by atoms with Gasteiger partial charge in [0.25, 0.3) is 0 Å². The number of benzene rings is 3. The van der Waals surface area contributed by atoms with Crippen molar-refractivity contribution in [1.29, 1.82) is 5.26 Å². The Labute approximate surface area is 288 Å². The third kappa shape index (κ3) is 7.44. The van der Waals surface area contributed by atoms with Crippen LogP contribution in [-0.2, 0) is 15.4 Å². The Morgan fingerprint density at radius 1 is 0.957 bits per heavy atom. The summed E-state index contributed by atoms with van der Waals surface area (Å²) in [5, 5.41) is 11.1. The summed E-state index contributed by atoms with van der Waals surface area (Å²) in [6.07, 6.45) is 0. The molecule has 2 aliphatic rings. The van der Waals surface area contributed by atoms with Gasteiger partial charge in [-0.1, -0.05) is 61.0 Å². The number of hydrogen-bond donors (Lipinski definition) is 0. The van der Waals surface area contributed by atoms with Crippen LogP contribution in [0, 0.1) is 11.3 Å². The molecular formula is C35H41Cl2N5O4S. The van der Waals surface area contributed by atoms with Crippen molar-refractivity contribution in [3.63, 3.8) is 0 Å². The minimum absolute atomic E-state index is 0. The lowest BCUT2D eigenvalue weighted by Gasteiger charge is -2.38. The van der Waals surface area contributed by atoms with Crippen LogP contribution in [0.1, 0.15) is 69.5 Å². The van der Waals surface area contributed by atoms with Gasteiger partial charge in [0.1, 0.15) is 17.6 Å². The number of nitrogens with zero attached hydrogens (tertiary/aromatic N) is 5. The van der Waals surface area contributed by atoms with Crippen molar-refractivity contribution in [3.05, 3.63) is 99.0 Å². The first kappa shape index (κ1) is 36.2. The molecule has 2 atom stereocenters. The second-order valence-electron chi connectivity index (χ2n) is 11.8. The number of nitriles is 1. The van der Waals surface area contributed by atoms with E-state index in [1.165, 1.54) is 4.31 Å². The van der Waals surface area contributed by atoms with Gasteiger partial charge in [-0.2, -0.15) is 9.57 Å². The van der Waals surface area contributed by atoms with Crippen molar-refractivity contribution in [1.82, 2.24) is 14.1 Å². The van der Waals surface area contributed by atoms with Gasteiger partial charge in [-0.05, 0) is 80.8 Å². The summed E-state index contributed by atoms with van der Waals surface area (Å²) in [5.74, 6) is 0.926. The van der Waals surface area contributed by atoms with Crippen LogP contribution in [-0.4, -0.2) is 72.9 Å². The molecule has 3 aromatic carbocycles. The van der Waals surface area contributed by atoms with Gasteiger partial charge < -0.3 is 9.64 Å². The van der Waals surface area contributed by atoms with E-state index in [0.717, 1.165) is 16.7 Å². The third-order valence-corrected chi connectivity index (χ3v) is 10.9. The van der Waals surface area contributed by atoms with E-state index in [1.54, 1.807) is 41.0 Å². The molecule has 2 aliphatic heterocycles. The Morgan fingerprint density at radius 2 is 1.53 bits per heavy atom. The largest absolute Gasteiger partial charge is 0.493 e. The summed E-state index contributed by atoms with van der Waals surface area (Å²) < 4.78 is 32.7. The molecule has 47 heavy (non-hydrogen) atoms. The lowest BCUT2D eigenvalue weighted by molar-refractivity contribution is 0.143. The van der Waals surface area contributed by atoms with E-state index in [4.69, 9.17) is 32.9 Å². The number of urea groups is 1. The Kier molecular flexibility index (Phi) is 11.3. The van der Waals surface area contributed by atoms with E-state index in [9.17, 15) is 18.5 Å². The average Bonchev–Trinajstić information content (AvgIpc) is 3.45. The van der Waals surface area contributed by atoms with E-state index in [0.29, 0.717) is 33.8 Å². The maximum Gasteiger partial charge on any atom is 0.326 e. The number of amides is 2. The van der Waals surface area contributed by atoms with Gasteiger partial charge in [0.2, 0.25) is 10.0 Å². The minimum Gasteiger partial charge on any atom is -0.493 e. The molecule has 9 nitrogen and oxygen atoms in total. The van der Waals surface area contributed by atoms with Crippen molar-refractivity contribution < 1.29 is 17.9 Å². The van der Waals surface area contributed by atoms with E-state index in [2.05, 4.69) is 6.07 Å². The fourth-order valence-corrected chi connectivity index (χ4v) is 7.12. The summed E-state index contributed by atoms with van der Waals surface area (Å²) in [6.45, 7) is 8.39. The Hall–Kier alpha value is -3.62. The standard InChI is InChI=1S/C34H37Cl2N5O4S.CH4/c1-5-45-29-16-11-25(34(3,4)22-37)21-28(29)32-38-30(23-7-12-26(35)13-8-23)31(24-9-14-27(36)15-10-24)41(32)33(42)39-17-19-40(20-18-39)46(43,44)6-2;/h7-16,21,30-31H,5-6,17-20H2,1-4H3;1H4/t30-,31+;/m0./s1. The highest BCUT2D eigenvalue weighted by Crippen LogP contribution is 2.46. The number of sulfonamides is 1. The van der Waals surface area contributed by atoms with Gasteiger partial charge in [-0.25, -0.2) is 13.2 Å². The van der Waals surface area contributed by atoms with E-state index >= 15 is 0 Å². The molecule has 1 saturated heterocycles. The molecule has 0 unspecified atom stereocenters. The number of piperazine rings is 1. The highest BCUT2D eigenvalue weighted by atomic mass is 35.5. The molecule has 3 aromatic rings. The topological polar surface area (TPSA) is 106 Å². The van der Waals surface area contributed by atoms with Crippen LogP contribution in [0.5, 0.6) is 5.75 Å². The molecule has 1 fully saturated rings. The number of rotatable bonds is 8. The van der Waals surface area contributed by atoms with Crippen LogP contribution < -0.4 is 4.74 Å². The molecule has 250 valence electrons. The zero-order valence-corrected chi connectivity index (χ0v) is 28.6. The van der Waals surface area contributed by atoms with Crippen molar-refractivity contribution in [2.75, 3.05) is 38.5 Å². The van der Waals surface area contributed by atoms with Crippen molar-refractivity contribution in [3.8, 4) is 11.8 Å². The number of carbonyl (C=O) groups is 1. The number of halogens is 2. The molecule has 0 saturated carbocycles. The van der Waals surface area contributed by atoms with E-state index in [1.807, 2.05) is 63.2 Å². The molecule has 12 heteroatoms. The molecule has 2 heterocycles. The minimum atomic E-state index is -3.39. The third-order valence-electron chi connectivity index (χ3n) is 8.48. The monoisotopic (exact) mass is 697 g/mol. The van der Waals surface area contributed by atoms with E-state index < -0.39 is 27.5 Å². The number of aliphatic imine (C=N–C) groups is 1. The highest BCUT2D eigenvalue weighted by Gasteiger charge is 2.45. The molecule has 0 aliphatic carbocycles. The number of amidine groups is 1. The summed E-state index contributed by atoms with van der Waals surface area (Å²) in [7, 11) is -3.39. The molecule has 2 amide bonds. The lowest BCUT2D eigenvalue weighted by Crippen LogP contribution is -2.55. The molecule has 5 rings (SSSR count). The maximum atomic E-state index is 14.8. The molecule has 0 N–H and O–H groups in total. The van der Waals surface area contributed by atoms with Crippen molar-refractivity contribution in [2.24, 2.45) is 4.99 Å². The molecule has 0 bridgehead atoms. The Bertz CT molecular complexity index is 1760. The molecule has 0 radical (unpaired) electrons. The quantitative estimate of drug-likeness (QED) is 0.243. The number of hydrogen-bond acceptors (Lipinski definition) is 6. The molecular weight excluding hydrogens is 657 g/mol. The lowest BCUT2D eigenvalue weighted by atomic mass is 9.85. The summed E-state index contributed by atoms with van der Waals surface area (Å²) in [4.78, 5) is 23.4. The predicted molar refractivity (Wildman–Crippen MR) is 188 cm³/mol. The second-order valence-corrected chi connectivity index (χ2v) is 14.9. The average molecular weight is 699 g/mol. The fraction of sp³-hybridized carbons (Fsp3) is 0.400. The van der Waals surface area contributed by atoms with Crippen LogP contribution in [0.2, 0.25) is 10.0 Å². The van der Waals surface area contributed by atoms with Crippen LogP contribution >= 0.6 is 23.2 Å². The Balaban J connectivity index is 0.00000500. The first-order valence-electron chi connectivity index (χ1n) is 15.2. The van der Waals surface area contributed by atoms with Crippen LogP contribution in [0.25, 0.3) is 0 Å². The van der Waals surface area contributed by atoms with Crippen LogP contribution in [0.15, 0.2) is 71.7 Å². The van der Waals surface area contributed by atoms with Crippen LogP contribution in [0.3, 0.4) is 0 Å². The van der Waals surface area contributed by atoms with Crippen LogP contribution in [0.4, 0.5) is 4.79 Å². The SMILES string of the molecule is C.CCOc1ccc(C(C)(C)C#N)cc1C1=N[C@@H](c2ccc(Cl)cc2)[C@@H](c2ccc(Cl)cc2)N1C(=O)N1CCN(S(=O)(=O)CC)CC1. The zero-order valence-electron chi connectivity index (χ0n) is 26.3. The summed E-state index contributed by atoms with van der Waals surface area (Å²) in [6, 6.07) is 21.2. The summed E-state index contributed by atoms with van der Waals surface area (Å²) in [5.41, 5.74) is 2.18. The van der Waals surface area contributed by atoms with Gasteiger partial charge in [-0.15, -0.1) is 0 Å². The van der Waals surface area contributed by atoms with Gasteiger partial charge in [0.15, 0.2) is 0 Å². The maximum absolute atomic E-state index is 14.8. The molecule has 0 aromatic heterocycles. The summed E-state index contributed by atoms with van der Waals surface area (Å²) >= 11 is 12.6. The van der Waals surface area contributed by atoms with Gasteiger partial charge in [-0.3, -0.25) is 9.89 Å². The number of ether oxygens (including phenoxy) is 1. The fourth-order valence-electron chi connectivity index (χ4n) is 5.79. The van der Waals surface area contributed by atoms with Crippen molar-refractivity contribution >= 4 is 45.1 Å². The normalized spacial score (nSPS) is 18.7. The van der Waals surface area contributed by atoms with Gasteiger partial charge in [0.05, 0.1) is 35.4 Å². The first-order chi connectivity index (χ1) is 21.9. The molecule has 0 spiro atoms. The van der Waals surface area contributed by atoms with Crippen molar-refractivity contribution in [2.45, 2.75) is 52.6 Å².